The Balaban J connectivity index is 1.26. The van der Waals surface area contributed by atoms with E-state index in [9.17, 15) is 43.5 Å². The molecule has 0 fully saturated rings. The molecule has 2 aromatic carbocycles. The summed E-state index contributed by atoms with van der Waals surface area (Å²) in [5.41, 5.74) is 23.7. The molecule has 2 heterocycles. The zero-order chi connectivity index (χ0) is 63.5. The van der Waals surface area contributed by atoms with E-state index < -0.39 is 72.2 Å². The van der Waals surface area contributed by atoms with Crippen LogP contribution in [0.3, 0.4) is 0 Å². The summed E-state index contributed by atoms with van der Waals surface area (Å²) in [4.78, 5) is 110. The van der Waals surface area contributed by atoms with Gasteiger partial charge < -0.3 is 82.0 Å². The number of primary amides is 1. The number of urea groups is 1. The van der Waals surface area contributed by atoms with Gasteiger partial charge >= 0.3 is 18.1 Å². The van der Waals surface area contributed by atoms with Crippen molar-refractivity contribution in [3.63, 3.8) is 0 Å². The molecule has 12 N–H and O–H groups in total. The molecular weight excluding hydrogens is 1130 g/mol. The second-order valence-electron chi connectivity index (χ2n) is 20.7. The lowest BCUT2D eigenvalue weighted by Gasteiger charge is -2.27. The lowest BCUT2D eigenvalue weighted by atomic mass is 10.0. The third-order valence-corrected chi connectivity index (χ3v) is 12.9. The second-order valence-corrected chi connectivity index (χ2v) is 20.7. The molecule has 0 aliphatic rings. The van der Waals surface area contributed by atoms with Crippen LogP contribution in [0, 0.1) is 5.92 Å². The molecule has 0 saturated carbocycles. The minimum atomic E-state index is -1.37. The van der Waals surface area contributed by atoms with E-state index in [0.717, 1.165) is 36.2 Å². The Bertz CT molecular complexity index is 2900. The summed E-state index contributed by atoms with van der Waals surface area (Å²) in [7, 11) is 0. The number of benzene rings is 2. The molecule has 0 saturated heterocycles. The SMILES string of the molecule is CCCCc1nc2c(N)nnc(OC(C)C)c2n1Cc1ccc(CNC(=O)OCc2ccc(NC(=O)[C@H](CCCNC(N)=O)NC(=O)[C@@H](NC(=O)[C@H](CCC(=O)O)NC(=O)CCCC(=O)NCCOCCOCCOCCN=[N+]=[N-])C(C)C)cc2)cc1. The van der Waals surface area contributed by atoms with Crippen LogP contribution in [0.4, 0.5) is 21.1 Å². The standard InChI is InChI=1S/C57H84N16O14/c1-6-7-11-44-68-49-50(55(87-37(4)5)71-70-51(49)58)73(44)34-39-16-14-38(15-17-39)33-63-57(82)86-35-40-18-20-41(21-19-40)65-52(78)42(10-9-24-62-56(59)81)67-54(80)48(36(2)3)69-53(79)43(22-23-47(76)77)66-46(75)13-8-12-45(74)61-25-27-83-29-31-85-32-30-84-28-26-64-72-60/h14-21,36-37,42-43,48H,6-13,22-35H2,1-5H3,(H2,58,70)(H,61,74)(H,63,82)(H,65,78)(H,66,75)(H,67,80)(H,69,79)(H,76,77)(H3,59,62,81)/t42-,43-,48-/m0/s1. The van der Waals surface area contributed by atoms with Gasteiger partial charge in [0.2, 0.25) is 29.5 Å². The van der Waals surface area contributed by atoms with Gasteiger partial charge in [-0.2, -0.15) is 0 Å². The fourth-order valence-electron chi connectivity index (χ4n) is 8.41. The number of carbonyl (C=O) groups is 8. The van der Waals surface area contributed by atoms with Crippen LogP contribution >= 0.6 is 0 Å². The summed E-state index contributed by atoms with van der Waals surface area (Å²) >= 11 is 0. The number of anilines is 2. The van der Waals surface area contributed by atoms with E-state index in [4.69, 9.17) is 45.7 Å². The van der Waals surface area contributed by atoms with Crippen LogP contribution in [0.25, 0.3) is 21.5 Å². The Morgan fingerprint density at radius 1 is 0.713 bits per heavy atom. The quantitative estimate of drug-likeness (QED) is 0.0130. The molecule has 4 rings (SSSR count). The number of aryl methyl sites for hydroxylation is 1. The number of hydrogen-bond donors (Lipinski definition) is 10. The normalized spacial score (nSPS) is 12.1. The average molecular weight is 1220 g/mol. The summed E-state index contributed by atoms with van der Waals surface area (Å²) in [5.74, 6) is -3.59. The van der Waals surface area contributed by atoms with Crippen molar-refractivity contribution in [2.45, 2.75) is 143 Å². The zero-order valence-corrected chi connectivity index (χ0v) is 50.1. The van der Waals surface area contributed by atoms with Crippen molar-refractivity contribution in [1.82, 2.24) is 51.6 Å². The number of nitrogens with two attached hydrogens (primary N) is 2. The van der Waals surface area contributed by atoms with Crippen molar-refractivity contribution < 1.29 is 67.1 Å². The highest BCUT2D eigenvalue weighted by atomic mass is 16.6. The number of hydrogen-bond acceptors (Lipinski definition) is 18. The number of rotatable bonds is 42. The highest BCUT2D eigenvalue weighted by molar-refractivity contribution is 5.99. The van der Waals surface area contributed by atoms with Gasteiger partial charge in [-0.3, -0.25) is 28.8 Å². The predicted molar refractivity (Wildman–Crippen MR) is 319 cm³/mol. The van der Waals surface area contributed by atoms with Crippen molar-refractivity contribution in [2.75, 3.05) is 70.3 Å². The van der Waals surface area contributed by atoms with Gasteiger partial charge in [0, 0.05) is 69.0 Å². The van der Waals surface area contributed by atoms with E-state index in [1.54, 1.807) is 38.1 Å². The molecule has 8 amide bonds. The van der Waals surface area contributed by atoms with Crippen molar-refractivity contribution in [3.05, 3.63) is 81.5 Å². The van der Waals surface area contributed by atoms with Crippen LogP contribution in [0.5, 0.6) is 5.88 Å². The highest BCUT2D eigenvalue weighted by Crippen LogP contribution is 2.30. The van der Waals surface area contributed by atoms with Crippen LogP contribution < -0.4 is 53.4 Å². The number of amides is 8. The third kappa shape index (κ3) is 26.9. The second kappa shape index (κ2) is 39.0. The number of alkyl carbamates (subject to hydrolysis) is 1. The molecule has 4 aromatic rings. The van der Waals surface area contributed by atoms with Crippen molar-refractivity contribution in [2.24, 2.45) is 16.8 Å². The molecule has 0 bridgehead atoms. The summed E-state index contributed by atoms with van der Waals surface area (Å²) in [6.07, 6.45) is 1.15. The highest BCUT2D eigenvalue weighted by Gasteiger charge is 2.32. The maximum absolute atomic E-state index is 13.9. The van der Waals surface area contributed by atoms with Gasteiger partial charge in [0.05, 0.1) is 45.7 Å². The summed E-state index contributed by atoms with van der Waals surface area (Å²) < 4.78 is 29.6. The molecule has 3 atom stereocenters. The van der Waals surface area contributed by atoms with Crippen molar-refractivity contribution in [3.8, 4) is 5.88 Å². The average Bonchev–Trinajstić information content (AvgIpc) is 1.95. The number of aliphatic carboxylic acids is 1. The van der Waals surface area contributed by atoms with E-state index in [2.05, 4.69) is 68.9 Å². The minimum absolute atomic E-state index is 0.0193. The fourth-order valence-corrected chi connectivity index (χ4v) is 8.41. The monoisotopic (exact) mass is 1220 g/mol. The van der Waals surface area contributed by atoms with Crippen molar-refractivity contribution >= 4 is 70.2 Å². The molecule has 0 aliphatic heterocycles. The maximum Gasteiger partial charge on any atom is 0.407 e. The smallest absolute Gasteiger partial charge is 0.407 e. The van der Waals surface area contributed by atoms with Crippen LogP contribution in [-0.2, 0) is 73.8 Å². The number of carboxylic acids is 1. The van der Waals surface area contributed by atoms with Crippen LogP contribution in [0.2, 0.25) is 0 Å². The Morgan fingerprint density at radius 3 is 2.02 bits per heavy atom. The van der Waals surface area contributed by atoms with Crippen LogP contribution in [-0.4, -0.2) is 156 Å². The number of ether oxygens (including phenoxy) is 5. The summed E-state index contributed by atoms with van der Waals surface area (Å²) in [6, 6.07) is 9.56. The number of carboxylic acid groups (broad SMARTS) is 1. The lowest BCUT2D eigenvalue weighted by Crippen LogP contribution is -2.57. The number of carbonyl (C=O) groups excluding carboxylic acids is 7. The number of nitrogens with zero attached hydrogens (tertiary/aromatic N) is 7. The summed E-state index contributed by atoms with van der Waals surface area (Å²) in [6.45, 7) is 12.1. The van der Waals surface area contributed by atoms with Gasteiger partial charge in [-0.05, 0) is 86.2 Å². The van der Waals surface area contributed by atoms with Gasteiger partial charge in [-0.15, -0.1) is 10.2 Å². The molecule has 0 aliphatic carbocycles. The van der Waals surface area contributed by atoms with Gasteiger partial charge in [-0.1, -0.05) is 68.7 Å². The molecule has 87 heavy (non-hydrogen) atoms. The van der Waals surface area contributed by atoms with Crippen molar-refractivity contribution in [1.29, 1.82) is 0 Å². The Hall–Kier alpha value is -8.86. The van der Waals surface area contributed by atoms with E-state index in [-0.39, 0.29) is 102 Å². The zero-order valence-electron chi connectivity index (χ0n) is 50.1. The topological polar surface area (TPSA) is 432 Å². The predicted octanol–water partition coefficient (Wildman–Crippen LogP) is 4.02. The molecule has 30 nitrogen and oxygen atoms in total. The largest absolute Gasteiger partial charge is 0.481 e. The molecule has 476 valence electrons. The van der Waals surface area contributed by atoms with Gasteiger partial charge in [0.15, 0.2) is 5.82 Å². The van der Waals surface area contributed by atoms with E-state index >= 15 is 0 Å². The first kappa shape index (κ1) is 70.6. The number of aromatic nitrogens is 4. The number of imidazole rings is 1. The van der Waals surface area contributed by atoms with E-state index in [0.29, 0.717) is 61.1 Å². The number of fused-ring (bicyclic) bond motifs is 1. The third-order valence-electron chi connectivity index (χ3n) is 12.9. The Kier molecular flexibility index (Phi) is 31.6. The number of nitrogens with one attached hydrogen (secondary N) is 7. The first-order valence-corrected chi connectivity index (χ1v) is 29.0. The molecule has 0 unspecified atom stereocenters. The molecule has 0 radical (unpaired) electrons. The first-order valence-electron chi connectivity index (χ1n) is 29.0. The Morgan fingerprint density at radius 2 is 1.37 bits per heavy atom. The molecule has 0 spiro atoms. The van der Waals surface area contributed by atoms with E-state index in [1.807, 2.05) is 38.1 Å². The lowest BCUT2D eigenvalue weighted by molar-refractivity contribution is -0.138. The number of nitrogen functional groups attached to an aromatic ring is 1. The first-order chi connectivity index (χ1) is 41.8. The van der Waals surface area contributed by atoms with Gasteiger partial charge in [-0.25, -0.2) is 14.6 Å². The molecule has 2 aromatic heterocycles. The summed E-state index contributed by atoms with van der Waals surface area (Å²) in [5, 5.41) is 39.5. The number of azide groups is 1. The van der Waals surface area contributed by atoms with E-state index in [1.165, 1.54) is 0 Å². The minimum Gasteiger partial charge on any atom is -0.481 e. The van der Waals surface area contributed by atoms with Crippen LogP contribution in [0.1, 0.15) is 115 Å². The Labute approximate surface area is 504 Å². The number of unbranched alkanes of at least 4 members (excludes halogenated alkanes) is 1. The molecule has 30 heteroatoms. The fraction of sp³-hybridized carbons (Fsp3) is 0.561. The molecular formula is C57H84N16O14. The van der Waals surface area contributed by atoms with Gasteiger partial charge in [0.1, 0.15) is 41.6 Å². The van der Waals surface area contributed by atoms with Gasteiger partial charge in [0.25, 0.3) is 5.88 Å². The maximum atomic E-state index is 13.9. The van der Waals surface area contributed by atoms with Crippen LogP contribution in [0.15, 0.2) is 53.6 Å².